The number of carbonyl (C=O) groups excluding carboxylic acids is 1. The zero-order valence-corrected chi connectivity index (χ0v) is 10.5. The molecule has 92 valence electrons. The van der Waals surface area contributed by atoms with E-state index in [1.807, 2.05) is 19.1 Å². The van der Waals surface area contributed by atoms with Gasteiger partial charge in [0.05, 0.1) is 17.9 Å². The lowest BCUT2D eigenvalue weighted by molar-refractivity contribution is -0.255. The summed E-state index contributed by atoms with van der Waals surface area (Å²) in [4.78, 5) is 12.9. The van der Waals surface area contributed by atoms with Crippen LogP contribution in [0.3, 0.4) is 0 Å². The predicted molar refractivity (Wildman–Crippen MR) is 71.0 cm³/mol. The smallest absolute Gasteiger partial charge is 0.0716 e. The number of nitrogens with one attached hydrogen (secondary N) is 1. The minimum absolute atomic E-state index is 0.127. The molecule has 4 nitrogen and oxygen atoms in total. The van der Waals surface area contributed by atoms with Gasteiger partial charge in [0.15, 0.2) is 0 Å². The van der Waals surface area contributed by atoms with E-state index in [0.29, 0.717) is 5.69 Å². The summed E-state index contributed by atoms with van der Waals surface area (Å²) in [7, 11) is 0. The first-order valence-corrected chi connectivity index (χ1v) is 6.14. The van der Waals surface area contributed by atoms with Crippen molar-refractivity contribution in [2.24, 2.45) is 5.10 Å². The van der Waals surface area contributed by atoms with Crippen molar-refractivity contribution in [1.82, 2.24) is 0 Å². The molecule has 0 aliphatic heterocycles. The number of hydrogen-bond acceptors (Lipinski definition) is 5. The van der Waals surface area contributed by atoms with E-state index in [2.05, 4.69) is 10.5 Å². The second-order valence-electron chi connectivity index (χ2n) is 3.69. The average Bonchev–Trinajstić information content (AvgIpc) is 2.75. The van der Waals surface area contributed by atoms with Crippen molar-refractivity contribution < 1.29 is 9.90 Å². The lowest BCUT2D eigenvalue weighted by Crippen LogP contribution is -2.22. The summed E-state index contributed by atoms with van der Waals surface area (Å²) in [6, 6.07) is 10.3. The molecule has 0 bridgehead atoms. The van der Waals surface area contributed by atoms with Crippen molar-refractivity contribution in [3.05, 3.63) is 51.7 Å². The van der Waals surface area contributed by atoms with Gasteiger partial charge in [-0.1, -0.05) is 12.1 Å². The van der Waals surface area contributed by atoms with Crippen LogP contribution in [0.4, 0.5) is 5.69 Å². The SMILES string of the molecule is Cc1ccc(/C=N\Nc2cccc(C(=O)[O-])c2)s1. The summed E-state index contributed by atoms with van der Waals surface area (Å²) in [5.41, 5.74) is 3.52. The highest BCUT2D eigenvalue weighted by atomic mass is 32.1. The number of anilines is 1. The van der Waals surface area contributed by atoms with Gasteiger partial charge >= 0.3 is 0 Å². The van der Waals surface area contributed by atoms with Crippen LogP contribution in [-0.4, -0.2) is 12.2 Å². The monoisotopic (exact) mass is 259 g/mol. The lowest BCUT2D eigenvalue weighted by atomic mass is 10.2. The number of aryl methyl sites for hydroxylation is 1. The Morgan fingerprint density at radius 1 is 1.39 bits per heavy atom. The van der Waals surface area contributed by atoms with Crippen molar-refractivity contribution in [2.45, 2.75) is 6.92 Å². The Labute approximate surface area is 109 Å². The number of carboxylic acid groups (broad SMARTS) is 1. The molecule has 0 aliphatic rings. The second kappa shape index (κ2) is 5.46. The van der Waals surface area contributed by atoms with Crippen LogP contribution in [0, 0.1) is 6.92 Å². The third kappa shape index (κ3) is 3.18. The Kier molecular flexibility index (Phi) is 3.74. The number of hydrazone groups is 1. The zero-order valence-electron chi connectivity index (χ0n) is 9.71. The van der Waals surface area contributed by atoms with Gasteiger partial charge < -0.3 is 9.90 Å². The van der Waals surface area contributed by atoms with Gasteiger partial charge in [-0.25, -0.2) is 0 Å². The molecule has 1 heterocycles. The first kappa shape index (κ1) is 12.3. The van der Waals surface area contributed by atoms with Gasteiger partial charge in [-0.3, -0.25) is 5.43 Å². The molecule has 0 unspecified atom stereocenters. The average molecular weight is 259 g/mol. The summed E-state index contributed by atoms with van der Waals surface area (Å²) in [6.07, 6.45) is 1.70. The Balaban J connectivity index is 2.04. The van der Waals surface area contributed by atoms with Crippen LogP contribution in [0.1, 0.15) is 20.1 Å². The van der Waals surface area contributed by atoms with Crippen molar-refractivity contribution in [2.75, 3.05) is 5.43 Å². The normalized spacial score (nSPS) is 10.7. The highest BCUT2D eigenvalue weighted by Crippen LogP contribution is 2.13. The minimum Gasteiger partial charge on any atom is -0.545 e. The zero-order chi connectivity index (χ0) is 13.0. The molecule has 1 N–H and O–H groups in total. The molecular weight excluding hydrogens is 248 g/mol. The first-order valence-electron chi connectivity index (χ1n) is 5.32. The van der Waals surface area contributed by atoms with E-state index in [0.717, 1.165) is 4.88 Å². The van der Waals surface area contributed by atoms with Gasteiger partial charge in [0, 0.05) is 9.75 Å². The number of carbonyl (C=O) groups is 1. The molecule has 0 radical (unpaired) electrons. The molecule has 0 saturated heterocycles. The van der Waals surface area contributed by atoms with Gasteiger partial charge in [-0.05, 0) is 36.8 Å². The van der Waals surface area contributed by atoms with E-state index in [9.17, 15) is 9.90 Å². The number of thiophene rings is 1. The summed E-state index contributed by atoms with van der Waals surface area (Å²) >= 11 is 1.64. The number of benzene rings is 1. The van der Waals surface area contributed by atoms with Gasteiger partial charge in [-0.2, -0.15) is 5.10 Å². The molecule has 0 atom stereocenters. The highest BCUT2D eigenvalue weighted by Gasteiger charge is 1.95. The molecule has 1 aromatic heterocycles. The molecule has 0 aliphatic carbocycles. The maximum absolute atomic E-state index is 10.7. The van der Waals surface area contributed by atoms with Crippen LogP contribution < -0.4 is 10.5 Å². The van der Waals surface area contributed by atoms with Crippen LogP contribution in [0.25, 0.3) is 0 Å². The van der Waals surface area contributed by atoms with E-state index >= 15 is 0 Å². The lowest BCUT2D eigenvalue weighted by Gasteiger charge is -2.04. The quantitative estimate of drug-likeness (QED) is 0.673. The van der Waals surface area contributed by atoms with Gasteiger partial charge in [0.1, 0.15) is 0 Å². The topological polar surface area (TPSA) is 64.5 Å². The number of hydrogen-bond donors (Lipinski definition) is 1. The molecule has 1 aromatic carbocycles. The summed E-state index contributed by atoms with van der Waals surface area (Å²) < 4.78 is 0. The van der Waals surface area contributed by atoms with Crippen LogP contribution in [0.5, 0.6) is 0 Å². The van der Waals surface area contributed by atoms with Crippen molar-refractivity contribution in [3.8, 4) is 0 Å². The Bertz CT molecular complexity index is 590. The van der Waals surface area contributed by atoms with E-state index in [1.165, 1.54) is 17.0 Å². The van der Waals surface area contributed by atoms with E-state index in [1.54, 1.807) is 29.7 Å². The standard InChI is InChI=1S/C13H12N2O2S/c1-9-5-6-12(18-9)8-14-15-11-4-2-3-10(7-11)13(16)17/h2-8,15H,1H3,(H,16,17)/p-1/b14-8-. The highest BCUT2D eigenvalue weighted by molar-refractivity contribution is 7.13. The van der Waals surface area contributed by atoms with Crippen LogP contribution in [0.15, 0.2) is 41.5 Å². The Hall–Kier alpha value is -2.14. The summed E-state index contributed by atoms with van der Waals surface area (Å²) in [6.45, 7) is 2.03. The Morgan fingerprint density at radius 2 is 2.22 bits per heavy atom. The number of carboxylic acids is 1. The van der Waals surface area contributed by atoms with Gasteiger partial charge in [0.2, 0.25) is 0 Å². The fraction of sp³-hybridized carbons (Fsp3) is 0.0769. The maximum atomic E-state index is 10.7. The largest absolute Gasteiger partial charge is 0.545 e. The fourth-order valence-electron chi connectivity index (χ4n) is 1.41. The second-order valence-corrected chi connectivity index (χ2v) is 5.01. The molecule has 2 aromatic rings. The van der Waals surface area contributed by atoms with Gasteiger partial charge in [-0.15, -0.1) is 11.3 Å². The minimum atomic E-state index is -1.20. The van der Waals surface area contributed by atoms with Crippen molar-refractivity contribution in [3.63, 3.8) is 0 Å². The molecule has 5 heteroatoms. The van der Waals surface area contributed by atoms with E-state index in [-0.39, 0.29) is 5.56 Å². The molecular formula is C13H11N2O2S-. The summed E-state index contributed by atoms with van der Waals surface area (Å²) in [5, 5.41) is 14.7. The number of aromatic carboxylic acids is 1. The summed E-state index contributed by atoms with van der Waals surface area (Å²) in [5.74, 6) is -1.20. The Morgan fingerprint density at radius 3 is 2.89 bits per heavy atom. The van der Waals surface area contributed by atoms with Crippen molar-refractivity contribution >= 4 is 29.2 Å². The molecule has 2 rings (SSSR count). The van der Waals surface area contributed by atoms with Gasteiger partial charge in [0.25, 0.3) is 0 Å². The van der Waals surface area contributed by atoms with Crippen LogP contribution in [0.2, 0.25) is 0 Å². The van der Waals surface area contributed by atoms with E-state index in [4.69, 9.17) is 0 Å². The maximum Gasteiger partial charge on any atom is 0.0716 e. The van der Waals surface area contributed by atoms with Crippen LogP contribution in [-0.2, 0) is 0 Å². The molecule has 0 saturated carbocycles. The first-order chi connectivity index (χ1) is 8.65. The number of nitrogens with zero attached hydrogens (tertiary/aromatic N) is 1. The third-order valence-electron chi connectivity index (χ3n) is 2.24. The van der Waals surface area contributed by atoms with Crippen LogP contribution >= 0.6 is 11.3 Å². The molecule has 0 fully saturated rings. The van der Waals surface area contributed by atoms with Crippen molar-refractivity contribution in [1.29, 1.82) is 0 Å². The number of rotatable bonds is 4. The molecule has 18 heavy (non-hydrogen) atoms. The fourth-order valence-corrected chi connectivity index (χ4v) is 2.16. The molecule has 0 amide bonds. The van der Waals surface area contributed by atoms with E-state index < -0.39 is 5.97 Å². The third-order valence-corrected chi connectivity index (χ3v) is 3.18. The predicted octanol–water partition coefficient (Wildman–Crippen LogP) is 1.87. The molecule has 0 spiro atoms.